The molecule has 5 heteroatoms. The van der Waals surface area contributed by atoms with E-state index >= 15 is 0 Å². The van der Waals surface area contributed by atoms with Crippen molar-refractivity contribution in [2.75, 3.05) is 12.4 Å². The molecule has 0 radical (unpaired) electrons. The van der Waals surface area contributed by atoms with Gasteiger partial charge in [-0.2, -0.15) is 5.26 Å². The number of nitrogens with zero attached hydrogens (tertiary/aromatic N) is 3. The van der Waals surface area contributed by atoms with Crippen LogP contribution in [0.3, 0.4) is 0 Å². The summed E-state index contributed by atoms with van der Waals surface area (Å²) in [5.41, 5.74) is 1.95. The van der Waals surface area contributed by atoms with Crippen molar-refractivity contribution in [1.29, 1.82) is 5.26 Å². The lowest BCUT2D eigenvalue weighted by Crippen LogP contribution is -1.98. The Morgan fingerprint density at radius 2 is 2.17 bits per heavy atom. The van der Waals surface area contributed by atoms with Crippen molar-refractivity contribution >= 4 is 11.5 Å². The number of nitriles is 1. The van der Waals surface area contributed by atoms with E-state index in [1.165, 1.54) is 0 Å². The summed E-state index contributed by atoms with van der Waals surface area (Å²) in [5, 5.41) is 11.9. The molecule has 18 heavy (non-hydrogen) atoms. The van der Waals surface area contributed by atoms with Gasteiger partial charge in [-0.05, 0) is 36.8 Å². The predicted molar refractivity (Wildman–Crippen MR) is 67.8 cm³/mol. The number of ether oxygens (including phenoxy) is 1. The minimum atomic E-state index is 0.145. The molecule has 0 amide bonds. The van der Waals surface area contributed by atoms with E-state index < -0.39 is 0 Å². The van der Waals surface area contributed by atoms with Gasteiger partial charge in [0.2, 0.25) is 5.82 Å². The SMILES string of the molecule is COc1ccc(Nc2ccnc(C#N)n2)c(C)c1. The summed E-state index contributed by atoms with van der Waals surface area (Å²) >= 11 is 0. The van der Waals surface area contributed by atoms with E-state index in [0.717, 1.165) is 17.0 Å². The lowest BCUT2D eigenvalue weighted by molar-refractivity contribution is 0.414. The van der Waals surface area contributed by atoms with Gasteiger partial charge in [-0.25, -0.2) is 9.97 Å². The highest BCUT2D eigenvalue weighted by molar-refractivity contribution is 5.61. The highest BCUT2D eigenvalue weighted by atomic mass is 16.5. The Kier molecular flexibility index (Phi) is 3.39. The molecule has 1 N–H and O–H groups in total. The fraction of sp³-hybridized carbons (Fsp3) is 0.154. The minimum absolute atomic E-state index is 0.145. The van der Waals surface area contributed by atoms with Crippen molar-refractivity contribution in [2.45, 2.75) is 6.92 Å². The lowest BCUT2D eigenvalue weighted by Gasteiger charge is -2.10. The third-order valence-electron chi connectivity index (χ3n) is 2.45. The van der Waals surface area contributed by atoms with Crippen molar-refractivity contribution in [2.24, 2.45) is 0 Å². The second-order valence-electron chi connectivity index (χ2n) is 3.68. The van der Waals surface area contributed by atoms with Crippen LogP contribution < -0.4 is 10.1 Å². The van der Waals surface area contributed by atoms with E-state index in [2.05, 4.69) is 15.3 Å². The average Bonchev–Trinajstić information content (AvgIpc) is 2.41. The van der Waals surface area contributed by atoms with Gasteiger partial charge in [0.05, 0.1) is 7.11 Å². The van der Waals surface area contributed by atoms with E-state index in [1.54, 1.807) is 19.4 Å². The molecule has 0 aliphatic rings. The first kappa shape index (κ1) is 11.9. The molecule has 0 aliphatic heterocycles. The number of aromatic nitrogens is 2. The topological polar surface area (TPSA) is 70.8 Å². The maximum atomic E-state index is 8.73. The molecule has 0 unspecified atom stereocenters. The van der Waals surface area contributed by atoms with Crippen LogP contribution in [0.4, 0.5) is 11.5 Å². The zero-order chi connectivity index (χ0) is 13.0. The van der Waals surface area contributed by atoms with Crippen LogP contribution in [-0.2, 0) is 0 Å². The molecular formula is C13H12N4O. The van der Waals surface area contributed by atoms with Gasteiger partial charge in [0.25, 0.3) is 0 Å². The molecule has 1 aromatic heterocycles. The van der Waals surface area contributed by atoms with Crippen LogP contribution >= 0.6 is 0 Å². The summed E-state index contributed by atoms with van der Waals surface area (Å²) in [5.74, 6) is 1.54. The number of hydrogen-bond acceptors (Lipinski definition) is 5. The van der Waals surface area contributed by atoms with Gasteiger partial charge in [-0.15, -0.1) is 0 Å². The average molecular weight is 240 g/mol. The molecule has 0 saturated carbocycles. The van der Waals surface area contributed by atoms with Crippen molar-refractivity contribution in [3.8, 4) is 11.8 Å². The molecule has 1 heterocycles. The Morgan fingerprint density at radius 3 is 2.83 bits per heavy atom. The van der Waals surface area contributed by atoms with Crippen molar-refractivity contribution < 1.29 is 4.74 Å². The Hall–Kier alpha value is -2.61. The smallest absolute Gasteiger partial charge is 0.234 e. The molecule has 1 aromatic carbocycles. The number of rotatable bonds is 3. The molecular weight excluding hydrogens is 228 g/mol. The molecule has 2 rings (SSSR count). The maximum absolute atomic E-state index is 8.73. The first-order valence-electron chi connectivity index (χ1n) is 5.38. The fourth-order valence-electron chi connectivity index (χ4n) is 1.52. The first-order chi connectivity index (χ1) is 8.72. The highest BCUT2D eigenvalue weighted by Gasteiger charge is 2.03. The highest BCUT2D eigenvalue weighted by Crippen LogP contribution is 2.23. The van der Waals surface area contributed by atoms with Crippen molar-refractivity contribution in [3.63, 3.8) is 0 Å². The molecule has 0 aliphatic carbocycles. The Bertz CT molecular complexity index is 604. The quantitative estimate of drug-likeness (QED) is 0.892. The molecule has 5 nitrogen and oxygen atoms in total. The second-order valence-corrected chi connectivity index (χ2v) is 3.68. The normalized spacial score (nSPS) is 9.61. The number of anilines is 2. The number of benzene rings is 1. The van der Waals surface area contributed by atoms with E-state index in [-0.39, 0.29) is 5.82 Å². The summed E-state index contributed by atoms with van der Waals surface area (Å²) < 4.78 is 5.14. The molecule has 0 spiro atoms. The summed E-state index contributed by atoms with van der Waals surface area (Å²) in [6, 6.07) is 9.31. The van der Waals surface area contributed by atoms with Crippen LogP contribution in [0.2, 0.25) is 0 Å². The standard InChI is InChI=1S/C13H12N4O/c1-9-7-10(18-2)3-4-11(9)16-12-5-6-15-13(8-14)17-12/h3-7H,1-2H3,(H,15,16,17). The molecule has 0 bridgehead atoms. The second kappa shape index (κ2) is 5.15. The van der Waals surface area contributed by atoms with Gasteiger partial charge in [-0.3, -0.25) is 0 Å². The number of methoxy groups -OCH3 is 1. The van der Waals surface area contributed by atoms with Gasteiger partial charge < -0.3 is 10.1 Å². The number of hydrogen-bond donors (Lipinski definition) is 1. The third-order valence-corrected chi connectivity index (χ3v) is 2.45. The van der Waals surface area contributed by atoms with Gasteiger partial charge in [0.15, 0.2) is 0 Å². The van der Waals surface area contributed by atoms with Crippen LogP contribution in [0.5, 0.6) is 5.75 Å². The predicted octanol–water partition coefficient (Wildman–Crippen LogP) is 2.41. The zero-order valence-electron chi connectivity index (χ0n) is 10.1. The van der Waals surface area contributed by atoms with Crippen LogP contribution in [0.15, 0.2) is 30.5 Å². The molecule has 90 valence electrons. The van der Waals surface area contributed by atoms with Crippen LogP contribution in [0.25, 0.3) is 0 Å². The van der Waals surface area contributed by atoms with Crippen molar-refractivity contribution in [3.05, 3.63) is 41.9 Å². The molecule has 0 saturated heterocycles. The molecule has 0 atom stereocenters. The van der Waals surface area contributed by atoms with Crippen LogP contribution in [-0.4, -0.2) is 17.1 Å². The summed E-state index contributed by atoms with van der Waals surface area (Å²) in [4.78, 5) is 7.87. The first-order valence-corrected chi connectivity index (χ1v) is 5.38. The van der Waals surface area contributed by atoms with Gasteiger partial charge in [-0.1, -0.05) is 0 Å². The Morgan fingerprint density at radius 1 is 1.33 bits per heavy atom. The van der Waals surface area contributed by atoms with Gasteiger partial charge >= 0.3 is 0 Å². The molecule has 0 fully saturated rings. The summed E-state index contributed by atoms with van der Waals surface area (Å²) in [7, 11) is 1.63. The fourth-order valence-corrected chi connectivity index (χ4v) is 1.52. The van der Waals surface area contributed by atoms with Crippen LogP contribution in [0, 0.1) is 18.3 Å². The van der Waals surface area contributed by atoms with Gasteiger partial charge in [0, 0.05) is 11.9 Å². The maximum Gasteiger partial charge on any atom is 0.234 e. The Balaban J connectivity index is 2.26. The monoisotopic (exact) mass is 240 g/mol. The van der Waals surface area contributed by atoms with E-state index in [0.29, 0.717) is 5.82 Å². The zero-order valence-corrected chi connectivity index (χ0v) is 10.1. The van der Waals surface area contributed by atoms with E-state index in [9.17, 15) is 0 Å². The Labute approximate surface area is 105 Å². The largest absolute Gasteiger partial charge is 0.497 e. The minimum Gasteiger partial charge on any atom is -0.497 e. The van der Waals surface area contributed by atoms with E-state index in [1.807, 2.05) is 31.2 Å². The number of aryl methyl sites for hydroxylation is 1. The van der Waals surface area contributed by atoms with E-state index in [4.69, 9.17) is 10.00 Å². The lowest BCUT2D eigenvalue weighted by atomic mass is 10.2. The number of nitrogens with one attached hydrogen (secondary N) is 1. The summed E-state index contributed by atoms with van der Waals surface area (Å²) in [6.07, 6.45) is 1.55. The molecule has 2 aromatic rings. The van der Waals surface area contributed by atoms with Crippen molar-refractivity contribution in [1.82, 2.24) is 9.97 Å². The third kappa shape index (κ3) is 2.55. The van der Waals surface area contributed by atoms with Crippen LogP contribution in [0.1, 0.15) is 11.4 Å². The summed E-state index contributed by atoms with van der Waals surface area (Å²) in [6.45, 7) is 1.97. The van der Waals surface area contributed by atoms with Gasteiger partial charge in [0.1, 0.15) is 17.6 Å².